The van der Waals surface area contributed by atoms with Crippen LogP contribution in [0.25, 0.3) is 11.0 Å². The van der Waals surface area contributed by atoms with Crippen molar-refractivity contribution in [3.63, 3.8) is 0 Å². The van der Waals surface area contributed by atoms with Crippen LogP contribution in [0.3, 0.4) is 0 Å². The first-order valence-electron chi connectivity index (χ1n) is 7.36. The second-order valence-electron chi connectivity index (χ2n) is 5.48. The van der Waals surface area contributed by atoms with Crippen molar-refractivity contribution in [3.05, 3.63) is 48.7 Å². The summed E-state index contributed by atoms with van der Waals surface area (Å²) in [6.07, 6.45) is 7.92. The van der Waals surface area contributed by atoms with Gasteiger partial charge in [-0.15, -0.1) is 0 Å². The number of fused-ring (bicyclic) bond motifs is 1. The van der Waals surface area contributed by atoms with Gasteiger partial charge in [0.25, 0.3) is 0 Å². The third-order valence-electron chi connectivity index (χ3n) is 4.09. The summed E-state index contributed by atoms with van der Waals surface area (Å²) >= 11 is 0. The Balaban J connectivity index is 1.62. The second-order valence-corrected chi connectivity index (χ2v) is 5.48. The van der Waals surface area contributed by atoms with Crippen LogP contribution in [0.15, 0.2) is 42.9 Å². The molecule has 1 aliphatic heterocycles. The predicted octanol–water partition coefficient (Wildman–Crippen LogP) is 2.74. The first-order chi connectivity index (χ1) is 10.4. The molecule has 2 aromatic heterocycles. The molecule has 1 N–H and O–H groups in total. The fourth-order valence-electron chi connectivity index (χ4n) is 3.01. The van der Waals surface area contributed by atoms with Gasteiger partial charge in [0.1, 0.15) is 11.6 Å². The first-order valence-corrected chi connectivity index (χ1v) is 7.36. The fraction of sp³-hybridized carbons (Fsp3) is 0.312. The molecular formula is C16H17N5. The number of para-hydroxylation sites is 2. The number of nitrogens with zero attached hydrogens (tertiary/aromatic N) is 4. The van der Waals surface area contributed by atoms with Crippen molar-refractivity contribution >= 4 is 16.9 Å². The lowest BCUT2D eigenvalue weighted by Gasteiger charge is -2.32. The zero-order valence-corrected chi connectivity index (χ0v) is 11.7. The number of benzene rings is 1. The van der Waals surface area contributed by atoms with Gasteiger partial charge in [-0.05, 0) is 25.0 Å². The second kappa shape index (κ2) is 5.16. The highest BCUT2D eigenvalue weighted by molar-refractivity contribution is 5.75. The Morgan fingerprint density at radius 1 is 1.14 bits per heavy atom. The van der Waals surface area contributed by atoms with E-state index in [-0.39, 0.29) is 0 Å². The third-order valence-corrected chi connectivity index (χ3v) is 4.09. The highest BCUT2D eigenvalue weighted by atomic mass is 15.2. The molecule has 0 radical (unpaired) electrons. The normalized spacial score (nSPS) is 19.0. The van der Waals surface area contributed by atoms with Gasteiger partial charge in [-0.3, -0.25) is 4.98 Å². The molecule has 5 nitrogen and oxygen atoms in total. The highest BCUT2D eigenvalue weighted by Gasteiger charge is 2.24. The topological polar surface area (TPSA) is 57.7 Å². The molecule has 0 unspecified atom stereocenters. The van der Waals surface area contributed by atoms with E-state index in [4.69, 9.17) is 4.98 Å². The van der Waals surface area contributed by atoms with Crippen LogP contribution in [0.5, 0.6) is 0 Å². The van der Waals surface area contributed by atoms with Crippen LogP contribution < -0.4 is 4.90 Å². The third kappa shape index (κ3) is 2.35. The van der Waals surface area contributed by atoms with Gasteiger partial charge >= 0.3 is 0 Å². The molecule has 21 heavy (non-hydrogen) atoms. The molecule has 1 saturated heterocycles. The van der Waals surface area contributed by atoms with Crippen molar-refractivity contribution < 1.29 is 0 Å². The summed E-state index contributed by atoms with van der Waals surface area (Å²) < 4.78 is 0. The standard InChI is InChI=1S/C16H17N5/c1-2-6-14-13(5-1)19-10-15(20-14)21-9-3-4-12(11-21)16-17-7-8-18-16/h1-2,5-8,10,12H,3-4,9,11H2,(H,17,18)/t12-/m1/s1. The Morgan fingerprint density at radius 2 is 2.05 bits per heavy atom. The quantitative estimate of drug-likeness (QED) is 0.783. The van der Waals surface area contributed by atoms with E-state index in [0.717, 1.165) is 42.2 Å². The number of H-pyrrole nitrogens is 1. The largest absolute Gasteiger partial charge is 0.355 e. The van der Waals surface area contributed by atoms with Crippen molar-refractivity contribution in [2.45, 2.75) is 18.8 Å². The number of hydrogen-bond donors (Lipinski definition) is 1. The van der Waals surface area contributed by atoms with E-state index in [0.29, 0.717) is 5.92 Å². The van der Waals surface area contributed by atoms with Crippen molar-refractivity contribution in [2.24, 2.45) is 0 Å². The number of anilines is 1. The molecule has 1 aliphatic rings. The summed E-state index contributed by atoms with van der Waals surface area (Å²) in [5, 5.41) is 0. The lowest BCUT2D eigenvalue weighted by Crippen LogP contribution is -2.35. The van der Waals surface area contributed by atoms with Crippen LogP contribution in [-0.2, 0) is 0 Å². The van der Waals surface area contributed by atoms with Crippen molar-refractivity contribution in [3.8, 4) is 0 Å². The molecule has 5 heteroatoms. The van der Waals surface area contributed by atoms with Gasteiger partial charge in [-0.2, -0.15) is 0 Å². The molecule has 0 saturated carbocycles. The maximum atomic E-state index is 4.75. The van der Waals surface area contributed by atoms with Crippen LogP contribution in [0.4, 0.5) is 5.82 Å². The van der Waals surface area contributed by atoms with Gasteiger partial charge in [0.05, 0.1) is 17.2 Å². The number of rotatable bonds is 2. The zero-order chi connectivity index (χ0) is 14.1. The summed E-state index contributed by atoms with van der Waals surface area (Å²) in [6.45, 7) is 1.98. The monoisotopic (exact) mass is 279 g/mol. The lowest BCUT2D eigenvalue weighted by atomic mass is 9.97. The molecule has 0 amide bonds. The van der Waals surface area contributed by atoms with E-state index in [9.17, 15) is 0 Å². The van der Waals surface area contributed by atoms with E-state index in [1.807, 2.05) is 42.9 Å². The molecule has 106 valence electrons. The molecule has 1 fully saturated rings. The van der Waals surface area contributed by atoms with Gasteiger partial charge in [0.2, 0.25) is 0 Å². The molecule has 1 aromatic carbocycles. The minimum atomic E-state index is 0.446. The van der Waals surface area contributed by atoms with E-state index >= 15 is 0 Å². The van der Waals surface area contributed by atoms with E-state index in [2.05, 4.69) is 19.9 Å². The Kier molecular flexibility index (Phi) is 3.03. The Hall–Kier alpha value is -2.43. The van der Waals surface area contributed by atoms with E-state index < -0.39 is 0 Å². The van der Waals surface area contributed by atoms with Crippen LogP contribution in [0, 0.1) is 0 Å². The number of aromatic nitrogens is 4. The molecule has 1 atom stereocenters. The number of aromatic amines is 1. The summed E-state index contributed by atoms with van der Waals surface area (Å²) in [5.74, 6) is 2.49. The lowest BCUT2D eigenvalue weighted by molar-refractivity contribution is 0.491. The van der Waals surface area contributed by atoms with Crippen LogP contribution in [-0.4, -0.2) is 33.0 Å². The summed E-state index contributed by atoms with van der Waals surface area (Å²) in [6, 6.07) is 8.00. The zero-order valence-electron chi connectivity index (χ0n) is 11.7. The van der Waals surface area contributed by atoms with Crippen molar-refractivity contribution in [1.29, 1.82) is 0 Å². The fourth-order valence-corrected chi connectivity index (χ4v) is 3.01. The van der Waals surface area contributed by atoms with E-state index in [1.54, 1.807) is 0 Å². The van der Waals surface area contributed by atoms with Crippen LogP contribution in [0.2, 0.25) is 0 Å². The molecule has 0 spiro atoms. The SMILES string of the molecule is c1ccc2nc(N3CCC[C@@H](c4ncc[nH]4)C3)cnc2c1. The molecule has 0 bridgehead atoms. The number of nitrogens with one attached hydrogen (secondary N) is 1. The predicted molar refractivity (Wildman–Crippen MR) is 82.3 cm³/mol. The van der Waals surface area contributed by atoms with E-state index in [1.165, 1.54) is 6.42 Å². The maximum Gasteiger partial charge on any atom is 0.147 e. The van der Waals surface area contributed by atoms with Gasteiger partial charge in [0.15, 0.2) is 0 Å². The molecule has 3 aromatic rings. The number of piperidine rings is 1. The van der Waals surface area contributed by atoms with Gasteiger partial charge in [0, 0.05) is 31.4 Å². The van der Waals surface area contributed by atoms with Crippen LogP contribution in [0.1, 0.15) is 24.6 Å². The van der Waals surface area contributed by atoms with Gasteiger partial charge in [-0.25, -0.2) is 9.97 Å². The first kappa shape index (κ1) is 12.3. The summed E-state index contributed by atoms with van der Waals surface area (Å²) in [5.41, 5.74) is 1.90. The minimum Gasteiger partial charge on any atom is -0.355 e. The smallest absolute Gasteiger partial charge is 0.147 e. The average molecular weight is 279 g/mol. The molecule has 4 rings (SSSR count). The van der Waals surface area contributed by atoms with Crippen molar-refractivity contribution in [1.82, 2.24) is 19.9 Å². The number of imidazole rings is 1. The van der Waals surface area contributed by atoms with Crippen molar-refractivity contribution in [2.75, 3.05) is 18.0 Å². The minimum absolute atomic E-state index is 0.446. The number of hydrogen-bond acceptors (Lipinski definition) is 4. The molecular weight excluding hydrogens is 262 g/mol. The Labute approximate surface area is 123 Å². The summed E-state index contributed by atoms with van der Waals surface area (Å²) in [4.78, 5) is 19.2. The molecule has 3 heterocycles. The highest BCUT2D eigenvalue weighted by Crippen LogP contribution is 2.27. The van der Waals surface area contributed by atoms with Gasteiger partial charge < -0.3 is 9.88 Å². The van der Waals surface area contributed by atoms with Crippen LogP contribution >= 0.6 is 0 Å². The molecule has 0 aliphatic carbocycles. The summed E-state index contributed by atoms with van der Waals surface area (Å²) in [7, 11) is 0. The maximum absolute atomic E-state index is 4.75. The van der Waals surface area contributed by atoms with Gasteiger partial charge in [-0.1, -0.05) is 12.1 Å². The Morgan fingerprint density at radius 3 is 2.90 bits per heavy atom. The Bertz CT molecular complexity index is 737. The average Bonchev–Trinajstić information content (AvgIpc) is 3.09.